The Kier molecular flexibility index (Phi) is 3.35. The van der Waals surface area contributed by atoms with Gasteiger partial charge in [-0.2, -0.15) is 5.26 Å². The molecule has 90 valence electrons. The van der Waals surface area contributed by atoms with Gasteiger partial charge in [-0.1, -0.05) is 0 Å². The summed E-state index contributed by atoms with van der Waals surface area (Å²) >= 11 is 0. The van der Waals surface area contributed by atoms with Crippen LogP contribution in [0.5, 0.6) is 0 Å². The van der Waals surface area contributed by atoms with Crippen LogP contribution in [-0.2, 0) is 0 Å². The van der Waals surface area contributed by atoms with Crippen molar-refractivity contribution in [2.24, 2.45) is 0 Å². The van der Waals surface area contributed by atoms with Crippen molar-refractivity contribution >= 4 is 5.69 Å². The quantitative estimate of drug-likeness (QED) is 0.800. The second-order valence-electron chi connectivity index (χ2n) is 4.87. The average molecular weight is 229 g/mol. The molecule has 17 heavy (non-hydrogen) atoms. The third kappa shape index (κ3) is 2.42. The highest BCUT2D eigenvalue weighted by atomic mass is 15.2. The van der Waals surface area contributed by atoms with Crippen LogP contribution in [0.3, 0.4) is 0 Å². The summed E-state index contributed by atoms with van der Waals surface area (Å²) in [6, 6.07) is 6.94. The number of anilines is 1. The molecule has 0 amide bonds. The van der Waals surface area contributed by atoms with Gasteiger partial charge in [0.1, 0.15) is 6.07 Å². The zero-order valence-corrected chi connectivity index (χ0v) is 10.7. The highest BCUT2D eigenvalue weighted by Gasteiger charge is 2.18. The van der Waals surface area contributed by atoms with Crippen LogP contribution in [-0.4, -0.2) is 25.7 Å². The lowest BCUT2D eigenvalue weighted by Gasteiger charge is -2.34. The molecule has 1 unspecified atom stereocenters. The maximum atomic E-state index is 9.24. The van der Waals surface area contributed by atoms with Gasteiger partial charge in [0.05, 0.1) is 11.3 Å². The fraction of sp³-hybridized carbons (Fsp3) is 0.500. The molecule has 0 saturated carbocycles. The first-order valence-corrected chi connectivity index (χ1v) is 6.11. The zero-order chi connectivity index (χ0) is 12.4. The maximum absolute atomic E-state index is 9.24. The third-order valence-corrected chi connectivity index (χ3v) is 3.44. The Morgan fingerprint density at radius 1 is 1.35 bits per heavy atom. The van der Waals surface area contributed by atoms with Crippen LogP contribution >= 0.6 is 0 Å². The normalized spacial score (nSPS) is 20.1. The smallest absolute Gasteiger partial charge is 0.101 e. The van der Waals surface area contributed by atoms with Crippen LogP contribution in [0.15, 0.2) is 12.1 Å². The van der Waals surface area contributed by atoms with E-state index in [0.717, 1.165) is 30.9 Å². The summed E-state index contributed by atoms with van der Waals surface area (Å²) in [5.74, 6) is 0. The van der Waals surface area contributed by atoms with Gasteiger partial charge in [-0.15, -0.1) is 0 Å². The van der Waals surface area contributed by atoms with Crippen LogP contribution in [0, 0.1) is 25.2 Å². The Balaban J connectivity index is 2.37. The van der Waals surface area contributed by atoms with Crippen molar-refractivity contribution in [1.29, 1.82) is 5.26 Å². The van der Waals surface area contributed by atoms with Crippen LogP contribution in [0.25, 0.3) is 0 Å². The number of nitrogens with zero attached hydrogens (tertiary/aromatic N) is 2. The van der Waals surface area contributed by atoms with E-state index in [2.05, 4.69) is 43.1 Å². The minimum atomic E-state index is 0.483. The SMILES string of the molecule is Cc1cc(C#N)c(N2CCNC(C)C2)cc1C. The largest absolute Gasteiger partial charge is 0.368 e. The van der Waals surface area contributed by atoms with E-state index < -0.39 is 0 Å². The first-order valence-electron chi connectivity index (χ1n) is 6.11. The predicted octanol–water partition coefficient (Wildman–Crippen LogP) is 1.97. The van der Waals surface area contributed by atoms with E-state index in [1.807, 2.05) is 6.07 Å². The molecule has 1 aliphatic rings. The van der Waals surface area contributed by atoms with Gasteiger partial charge in [-0.3, -0.25) is 0 Å². The molecule has 0 spiro atoms. The lowest BCUT2D eigenvalue weighted by molar-refractivity contribution is 0.484. The van der Waals surface area contributed by atoms with Crippen molar-refractivity contribution in [3.8, 4) is 6.07 Å². The number of nitrogens with one attached hydrogen (secondary N) is 1. The Morgan fingerprint density at radius 3 is 2.71 bits per heavy atom. The molecule has 3 heteroatoms. The van der Waals surface area contributed by atoms with Gasteiger partial charge in [0.15, 0.2) is 0 Å². The molecule has 2 rings (SSSR count). The van der Waals surface area contributed by atoms with Crippen molar-refractivity contribution in [2.75, 3.05) is 24.5 Å². The van der Waals surface area contributed by atoms with Crippen LogP contribution in [0.2, 0.25) is 0 Å². The first kappa shape index (κ1) is 11.9. The summed E-state index contributed by atoms with van der Waals surface area (Å²) in [5, 5.41) is 12.7. The number of hydrogen-bond donors (Lipinski definition) is 1. The topological polar surface area (TPSA) is 39.1 Å². The molecule has 1 heterocycles. The fourth-order valence-electron chi connectivity index (χ4n) is 2.30. The second kappa shape index (κ2) is 4.77. The molecule has 0 bridgehead atoms. The molecular weight excluding hydrogens is 210 g/mol. The summed E-state index contributed by atoms with van der Waals surface area (Å²) in [7, 11) is 0. The summed E-state index contributed by atoms with van der Waals surface area (Å²) in [5.41, 5.74) is 4.32. The Morgan fingerprint density at radius 2 is 2.06 bits per heavy atom. The fourth-order valence-corrected chi connectivity index (χ4v) is 2.30. The summed E-state index contributed by atoms with van der Waals surface area (Å²) in [6.45, 7) is 9.27. The van der Waals surface area contributed by atoms with Gasteiger partial charge in [0.2, 0.25) is 0 Å². The Labute approximate surface area is 103 Å². The van der Waals surface area contributed by atoms with Gasteiger partial charge in [-0.25, -0.2) is 0 Å². The predicted molar refractivity (Wildman–Crippen MR) is 70.3 cm³/mol. The number of aryl methyl sites for hydroxylation is 2. The molecule has 1 saturated heterocycles. The molecule has 1 aliphatic heterocycles. The van der Waals surface area contributed by atoms with Crippen molar-refractivity contribution in [1.82, 2.24) is 5.32 Å². The number of nitriles is 1. The van der Waals surface area contributed by atoms with Crippen LogP contribution < -0.4 is 10.2 Å². The van der Waals surface area contributed by atoms with Crippen molar-refractivity contribution in [3.63, 3.8) is 0 Å². The van der Waals surface area contributed by atoms with E-state index in [-0.39, 0.29) is 0 Å². The summed E-state index contributed by atoms with van der Waals surface area (Å²) < 4.78 is 0. The van der Waals surface area contributed by atoms with Crippen molar-refractivity contribution in [2.45, 2.75) is 26.8 Å². The molecule has 1 N–H and O–H groups in total. The third-order valence-electron chi connectivity index (χ3n) is 3.44. The molecule has 1 aromatic rings. The lowest BCUT2D eigenvalue weighted by Crippen LogP contribution is -2.49. The van der Waals surface area contributed by atoms with E-state index in [4.69, 9.17) is 0 Å². The highest BCUT2D eigenvalue weighted by molar-refractivity contribution is 5.62. The van der Waals surface area contributed by atoms with Gasteiger partial charge in [0, 0.05) is 25.7 Å². The van der Waals surface area contributed by atoms with Gasteiger partial charge >= 0.3 is 0 Å². The molecule has 1 fully saturated rings. The molecule has 3 nitrogen and oxygen atoms in total. The maximum Gasteiger partial charge on any atom is 0.101 e. The molecular formula is C14H19N3. The van der Waals surface area contributed by atoms with Crippen LogP contribution in [0.4, 0.5) is 5.69 Å². The minimum absolute atomic E-state index is 0.483. The first-order chi connectivity index (χ1) is 8.11. The lowest BCUT2D eigenvalue weighted by atomic mass is 10.0. The monoisotopic (exact) mass is 229 g/mol. The summed E-state index contributed by atoms with van der Waals surface area (Å²) in [6.07, 6.45) is 0. The molecule has 0 radical (unpaired) electrons. The molecule has 1 aromatic carbocycles. The van der Waals surface area contributed by atoms with E-state index in [1.54, 1.807) is 0 Å². The standard InChI is InChI=1S/C14H19N3/c1-10-6-13(8-15)14(7-11(10)2)17-5-4-16-12(3)9-17/h6-7,12,16H,4-5,9H2,1-3H3. The average Bonchev–Trinajstić information content (AvgIpc) is 2.32. The highest BCUT2D eigenvalue weighted by Crippen LogP contribution is 2.25. The van der Waals surface area contributed by atoms with Gasteiger partial charge in [0.25, 0.3) is 0 Å². The number of hydrogen-bond acceptors (Lipinski definition) is 3. The minimum Gasteiger partial charge on any atom is -0.368 e. The Bertz CT molecular complexity index is 459. The molecule has 0 aromatic heterocycles. The van der Waals surface area contributed by atoms with Crippen molar-refractivity contribution < 1.29 is 0 Å². The second-order valence-corrected chi connectivity index (χ2v) is 4.87. The zero-order valence-electron chi connectivity index (χ0n) is 10.7. The van der Waals surface area contributed by atoms with E-state index in [9.17, 15) is 5.26 Å². The van der Waals surface area contributed by atoms with Gasteiger partial charge < -0.3 is 10.2 Å². The molecule has 0 aliphatic carbocycles. The Hall–Kier alpha value is -1.53. The van der Waals surface area contributed by atoms with E-state index in [0.29, 0.717) is 6.04 Å². The van der Waals surface area contributed by atoms with E-state index >= 15 is 0 Å². The van der Waals surface area contributed by atoms with E-state index in [1.165, 1.54) is 11.1 Å². The number of benzene rings is 1. The number of rotatable bonds is 1. The summed E-state index contributed by atoms with van der Waals surface area (Å²) in [4.78, 5) is 2.31. The van der Waals surface area contributed by atoms with Gasteiger partial charge in [-0.05, 0) is 44.0 Å². The van der Waals surface area contributed by atoms with Crippen LogP contribution in [0.1, 0.15) is 23.6 Å². The molecule has 1 atom stereocenters. The van der Waals surface area contributed by atoms with Crippen molar-refractivity contribution in [3.05, 3.63) is 28.8 Å². The number of piperazine rings is 1.